The maximum Gasteiger partial charge on any atom is 0.191 e. The molecule has 2 bridgehead atoms. The molecule has 3 heterocycles. The van der Waals surface area contributed by atoms with Crippen molar-refractivity contribution in [3.05, 3.63) is 0 Å². The number of hydrogen-bond donors (Lipinski definition) is 2. The van der Waals surface area contributed by atoms with Crippen molar-refractivity contribution in [1.29, 1.82) is 0 Å². The highest BCUT2D eigenvalue weighted by atomic mass is 16.5. The summed E-state index contributed by atoms with van der Waals surface area (Å²) in [7, 11) is 4.08. The summed E-state index contributed by atoms with van der Waals surface area (Å²) < 4.78 is 5.94. The van der Waals surface area contributed by atoms with Crippen LogP contribution in [0.1, 0.15) is 33.1 Å². The molecule has 0 aromatic heterocycles. The summed E-state index contributed by atoms with van der Waals surface area (Å²) in [6.45, 7) is 10.2. The number of fused-ring (bicyclic) bond motifs is 2. The fraction of sp³-hybridized carbons (Fsp3) is 0.944. The highest BCUT2D eigenvalue weighted by Gasteiger charge is 2.41. The molecule has 6 heteroatoms. The second-order valence-electron chi connectivity index (χ2n) is 7.96. The van der Waals surface area contributed by atoms with E-state index in [1.807, 2.05) is 7.05 Å². The molecule has 3 rings (SSSR count). The van der Waals surface area contributed by atoms with Gasteiger partial charge in [0.1, 0.15) is 0 Å². The zero-order valence-electron chi connectivity index (χ0n) is 15.8. The smallest absolute Gasteiger partial charge is 0.191 e. The number of guanidine groups is 1. The van der Waals surface area contributed by atoms with E-state index in [-0.39, 0.29) is 0 Å². The molecule has 4 unspecified atom stereocenters. The first-order chi connectivity index (χ1) is 11.6. The number of aliphatic imine (C=N–C) groups is 1. The molecular weight excluding hydrogens is 302 g/mol. The minimum atomic E-state index is 0.382. The molecule has 3 aliphatic rings. The molecule has 0 saturated carbocycles. The van der Waals surface area contributed by atoms with Gasteiger partial charge in [0.05, 0.1) is 18.2 Å². The largest absolute Gasteiger partial charge is 0.373 e. The lowest BCUT2D eigenvalue weighted by Crippen LogP contribution is -2.56. The van der Waals surface area contributed by atoms with Crippen LogP contribution in [0.5, 0.6) is 0 Å². The Morgan fingerprint density at radius 1 is 1.21 bits per heavy atom. The van der Waals surface area contributed by atoms with Gasteiger partial charge in [-0.3, -0.25) is 9.89 Å². The van der Waals surface area contributed by atoms with Crippen LogP contribution in [0.4, 0.5) is 0 Å². The maximum absolute atomic E-state index is 5.94. The van der Waals surface area contributed by atoms with Gasteiger partial charge in [-0.25, -0.2) is 0 Å². The average molecular weight is 338 g/mol. The normalized spacial score (nSPS) is 33.2. The second-order valence-corrected chi connectivity index (χ2v) is 7.96. The van der Waals surface area contributed by atoms with Crippen LogP contribution >= 0.6 is 0 Å². The molecule has 0 aliphatic carbocycles. The summed E-state index contributed by atoms with van der Waals surface area (Å²) in [6.07, 6.45) is 4.40. The summed E-state index contributed by atoms with van der Waals surface area (Å²) in [6, 6.07) is 0.976. The first kappa shape index (κ1) is 18.0. The van der Waals surface area contributed by atoms with E-state index in [2.05, 4.69) is 46.3 Å². The molecule has 3 saturated heterocycles. The third kappa shape index (κ3) is 4.21. The lowest BCUT2D eigenvalue weighted by molar-refractivity contribution is 0.0897. The SMILES string of the molecule is CN=C(NCC(C(C)C)N1CCN(C)CC1)NC1CC2CCC1O2. The number of nitrogens with one attached hydrogen (secondary N) is 2. The number of nitrogens with zero attached hydrogens (tertiary/aromatic N) is 3. The molecule has 3 aliphatic heterocycles. The Bertz CT molecular complexity index is 433. The molecule has 24 heavy (non-hydrogen) atoms. The van der Waals surface area contributed by atoms with E-state index in [0.29, 0.717) is 30.2 Å². The number of ether oxygens (including phenoxy) is 1. The molecule has 0 amide bonds. The monoisotopic (exact) mass is 337 g/mol. The van der Waals surface area contributed by atoms with Gasteiger partial charge in [-0.1, -0.05) is 13.8 Å². The van der Waals surface area contributed by atoms with Crippen LogP contribution in [-0.2, 0) is 4.74 Å². The minimum Gasteiger partial charge on any atom is -0.373 e. The number of piperazine rings is 1. The van der Waals surface area contributed by atoms with Gasteiger partial charge in [-0.2, -0.15) is 0 Å². The van der Waals surface area contributed by atoms with Crippen LogP contribution in [0.15, 0.2) is 4.99 Å². The van der Waals surface area contributed by atoms with Gasteiger partial charge in [-0.05, 0) is 32.2 Å². The first-order valence-electron chi connectivity index (χ1n) is 9.62. The van der Waals surface area contributed by atoms with Crippen LogP contribution in [0.3, 0.4) is 0 Å². The van der Waals surface area contributed by atoms with Crippen molar-refractivity contribution in [3.63, 3.8) is 0 Å². The van der Waals surface area contributed by atoms with Gasteiger partial charge >= 0.3 is 0 Å². The molecule has 6 nitrogen and oxygen atoms in total. The lowest BCUT2D eigenvalue weighted by atomic mass is 9.96. The Hall–Kier alpha value is -0.850. The Morgan fingerprint density at radius 2 is 1.96 bits per heavy atom. The van der Waals surface area contributed by atoms with Crippen molar-refractivity contribution in [2.75, 3.05) is 46.8 Å². The van der Waals surface area contributed by atoms with Crippen molar-refractivity contribution >= 4 is 5.96 Å². The van der Waals surface area contributed by atoms with Crippen molar-refractivity contribution in [1.82, 2.24) is 20.4 Å². The van der Waals surface area contributed by atoms with Crippen molar-refractivity contribution in [3.8, 4) is 0 Å². The summed E-state index contributed by atoms with van der Waals surface area (Å²) >= 11 is 0. The molecule has 4 atom stereocenters. The Kier molecular flexibility index (Phi) is 6.00. The minimum absolute atomic E-state index is 0.382. The molecule has 3 fully saturated rings. The molecule has 2 N–H and O–H groups in total. The standard InChI is InChI=1S/C18H35N5O/c1-13(2)16(23-9-7-22(4)8-10-23)12-20-18(19-3)21-15-11-14-5-6-17(15)24-14/h13-17H,5-12H2,1-4H3,(H2,19,20,21). The molecule has 0 aromatic rings. The third-order valence-electron chi connectivity index (χ3n) is 5.91. The van der Waals surface area contributed by atoms with E-state index < -0.39 is 0 Å². The predicted octanol–water partition coefficient (Wildman–Crippen LogP) is 0.743. The van der Waals surface area contributed by atoms with Crippen LogP contribution in [0.2, 0.25) is 0 Å². The fourth-order valence-electron chi connectivity index (χ4n) is 4.30. The second kappa shape index (κ2) is 8.02. The van der Waals surface area contributed by atoms with E-state index in [1.165, 1.54) is 25.9 Å². The van der Waals surface area contributed by atoms with Crippen molar-refractivity contribution in [2.45, 2.75) is 57.4 Å². The highest BCUT2D eigenvalue weighted by Crippen LogP contribution is 2.34. The van der Waals surface area contributed by atoms with Crippen molar-refractivity contribution in [2.24, 2.45) is 10.9 Å². The summed E-state index contributed by atoms with van der Waals surface area (Å²) in [4.78, 5) is 9.48. The number of rotatable bonds is 5. The summed E-state index contributed by atoms with van der Waals surface area (Å²) in [5.41, 5.74) is 0. The van der Waals surface area contributed by atoms with Crippen molar-refractivity contribution < 1.29 is 4.74 Å². The predicted molar refractivity (Wildman–Crippen MR) is 98.5 cm³/mol. The van der Waals surface area contributed by atoms with E-state index in [4.69, 9.17) is 4.74 Å². The lowest BCUT2D eigenvalue weighted by Gasteiger charge is -2.40. The van der Waals surface area contributed by atoms with E-state index in [9.17, 15) is 0 Å². The summed E-state index contributed by atoms with van der Waals surface area (Å²) in [5.74, 6) is 1.56. The fourth-order valence-corrected chi connectivity index (χ4v) is 4.30. The molecular formula is C18H35N5O. The van der Waals surface area contributed by atoms with E-state index in [1.54, 1.807) is 0 Å². The zero-order valence-corrected chi connectivity index (χ0v) is 15.8. The number of hydrogen-bond acceptors (Lipinski definition) is 4. The first-order valence-corrected chi connectivity index (χ1v) is 9.62. The highest BCUT2D eigenvalue weighted by molar-refractivity contribution is 5.80. The molecule has 0 radical (unpaired) electrons. The van der Waals surface area contributed by atoms with Crippen LogP contribution in [0, 0.1) is 5.92 Å². The summed E-state index contributed by atoms with van der Waals surface area (Å²) in [5, 5.41) is 7.16. The maximum atomic E-state index is 5.94. The van der Waals surface area contributed by atoms with Gasteiger partial charge in [0.25, 0.3) is 0 Å². The molecule has 0 aromatic carbocycles. The third-order valence-corrected chi connectivity index (χ3v) is 5.91. The van der Waals surface area contributed by atoms with E-state index >= 15 is 0 Å². The van der Waals surface area contributed by atoms with Crippen LogP contribution < -0.4 is 10.6 Å². The van der Waals surface area contributed by atoms with Gasteiger partial charge in [0.2, 0.25) is 0 Å². The zero-order chi connectivity index (χ0) is 17.1. The average Bonchev–Trinajstić information content (AvgIpc) is 3.18. The Labute approximate surface area is 147 Å². The van der Waals surface area contributed by atoms with Gasteiger partial charge in [-0.15, -0.1) is 0 Å². The van der Waals surface area contributed by atoms with Gasteiger partial charge in [0.15, 0.2) is 5.96 Å². The van der Waals surface area contributed by atoms with E-state index in [0.717, 1.165) is 32.0 Å². The molecule has 0 spiro atoms. The van der Waals surface area contributed by atoms with Gasteiger partial charge in [0, 0.05) is 45.8 Å². The van der Waals surface area contributed by atoms with Crippen LogP contribution in [-0.4, -0.2) is 86.9 Å². The van der Waals surface area contributed by atoms with Gasteiger partial charge < -0.3 is 20.3 Å². The van der Waals surface area contributed by atoms with Crippen LogP contribution in [0.25, 0.3) is 0 Å². The Morgan fingerprint density at radius 3 is 2.50 bits per heavy atom. The quantitative estimate of drug-likeness (QED) is 0.573. The Balaban J connectivity index is 1.49. The molecule has 138 valence electrons. The number of likely N-dealkylation sites (N-methyl/N-ethyl adjacent to an activating group) is 1. The topological polar surface area (TPSA) is 52.1 Å².